The van der Waals surface area contributed by atoms with Gasteiger partial charge in [0.1, 0.15) is 11.9 Å². The monoisotopic (exact) mass is 633 g/mol. The van der Waals surface area contributed by atoms with Crippen molar-refractivity contribution in [2.45, 2.75) is 70.6 Å². The predicted molar refractivity (Wildman–Crippen MR) is 177 cm³/mol. The quantitative estimate of drug-likeness (QED) is 0.218. The first-order chi connectivity index (χ1) is 21.0. The number of urea groups is 1. The highest BCUT2D eigenvalue weighted by Gasteiger charge is 2.31. The number of fused-ring (bicyclic) bond motifs is 2. The first-order valence-corrected chi connectivity index (χ1v) is 16.9. The van der Waals surface area contributed by atoms with E-state index in [1.165, 1.54) is 0 Å². The van der Waals surface area contributed by atoms with Crippen molar-refractivity contribution >= 4 is 33.1 Å². The molecule has 0 radical (unpaired) electrons. The molecule has 2 aromatic heterocycles. The molecule has 4 aromatic rings. The van der Waals surface area contributed by atoms with Gasteiger partial charge in [0.25, 0.3) is 0 Å². The number of anilines is 2. The van der Waals surface area contributed by atoms with Gasteiger partial charge in [0.15, 0.2) is 11.5 Å². The SMILES string of the molecule is CN(C)C(C)(C)c1nnc2ccc(O[C@@H]3CC[C@H](NC(=O)Nc4cc(NS(C)(=O)=O)cc(C(C)(C)C)c4)c4ccccc43)cn12. The molecule has 0 bridgehead atoms. The van der Waals surface area contributed by atoms with Crippen LogP contribution in [0.5, 0.6) is 5.75 Å². The molecular formula is C33H43N7O4S. The summed E-state index contributed by atoms with van der Waals surface area (Å²) in [6, 6.07) is 16.5. The molecule has 5 rings (SSSR count). The fourth-order valence-corrected chi connectivity index (χ4v) is 6.02. The zero-order chi connectivity index (χ0) is 32.7. The van der Waals surface area contributed by atoms with Crippen LogP contribution in [0, 0.1) is 0 Å². The van der Waals surface area contributed by atoms with Crippen molar-refractivity contribution < 1.29 is 17.9 Å². The number of rotatable bonds is 8. The van der Waals surface area contributed by atoms with E-state index in [9.17, 15) is 13.2 Å². The number of sulfonamides is 1. The third kappa shape index (κ3) is 7.23. The van der Waals surface area contributed by atoms with Crippen molar-refractivity contribution in [3.63, 3.8) is 0 Å². The Balaban J connectivity index is 1.34. The summed E-state index contributed by atoms with van der Waals surface area (Å²) in [5, 5.41) is 14.8. The number of hydrogen-bond donors (Lipinski definition) is 3. The number of carbonyl (C=O) groups is 1. The molecule has 0 saturated heterocycles. The molecule has 0 saturated carbocycles. The molecule has 0 spiro atoms. The lowest BCUT2D eigenvalue weighted by molar-refractivity contribution is 0.170. The van der Waals surface area contributed by atoms with Gasteiger partial charge < -0.3 is 15.4 Å². The average Bonchev–Trinajstić information content (AvgIpc) is 3.37. The molecule has 240 valence electrons. The molecule has 1 aliphatic carbocycles. The Bertz CT molecular complexity index is 1830. The number of nitrogens with zero attached hydrogens (tertiary/aromatic N) is 4. The van der Waals surface area contributed by atoms with Gasteiger partial charge in [0.05, 0.1) is 29.7 Å². The Labute approximate surface area is 265 Å². The van der Waals surface area contributed by atoms with Crippen LogP contribution in [0.4, 0.5) is 16.2 Å². The van der Waals surface area contributed by atoms with E-state index in [1.807, 2.05) is 87.9 Å². The fourth-order valence-electron chi connectivity index (χ4n) is 5.48. The van der Waals surface area contributed by atoms with E-state index in [-0.39, 0.29) is 29.1 Å². The minimum absolute atomic E-state index is 0.199. The highest BCUT2D eigenvalue weighted by Crippen LogP contribution is 2.39. The summed E-state index contributed by atoms with van der Waals surface area (Å²) in [5.41, 5.74) is 3.93. The van der Waals surface area contributed by atoms with Crippen LogP contribution in [0.1, 0.15) is 82.1 Å². The Morgan fingerprint density at radius 3 is 2.31 bits per heavy atom. The molecule has 2 aromatic carbocycles. The van der Waals surface area contributed by atoms with E-state index in [0.29, 0.717) is 30.0 Å². The lowest BCUT2D eigenvalue weighted by atomic mass is 9.85. The summed E-state index contributed by atoms with van der Waals surface area (Å²) in [6.45, 7) is 10.3. The summed E-state index contributed by atoms with van der Waals surface area (Å²) < 4.78 is 34.9. The van der Waals surface area contributed by atoms with E-state index in [2.05, 4.69) is 44.3 Å². The van der Waals surface area contributed by atoms with Crippen molar-refractivity contribution in [2.24, 2.45) is 0 Å². The van der Waals surface area contributed by atoms with Crippen molar-refractivity contribution in [2.75, 3.05) is 30.4 Å². The van der Waals surface area contributed by atoms with E-state index in [0.717, 1.165) is 34.4 Å². The molecule has 11 nitrogen and oxygen atoms in total. The largest absolute Gasteiger partial charge is 0.484 e. The van der Waals surface area contributed by atoms with Gasteiger partial charge in [0.2, 0.25) is 10.0 Å². The maximum atomic E-state index is 13.3. The maximum absolute atomic E-state index is 13.3. The van der Waals surface area contributed by atoms with E-state index < -0.39 is 10.0 Å². The van der Waals surface area contributed by atoms with E-state index in [4.69, 9.17) is 4.74 Å². The van der Waals surface area contributed by atoms with Crippen LogP contribution in [0.25, 0.3) is 5.65 Å². The highest BCUT2D eigenvalue weighted by atomic mass is 32.2. The second-order valence-electron chi connectivity index (χ2n) is 13.5. The van der Waals surface area contributed by atoms with Gasteiger partial charge >= 0.3 is 6.03 Å². The van der Waals surface area contributed by atoms with Gasteiger partial charge in [-0.3, -0.25) is 14.0 Å². The molecular weight excluding hydrogens is 590 g/mol. The molecule has 2 atom stereocenters. The van der Waals surface area contributed by atoms with Crippen molar-refractivity contribution in [3.8, 4) is 5.75 Å². The zero-order valence-electron chi connectivity index (χ0n) is 27.2. The number of ether oxygens (including phenoxy) is 1. The lowest BCUT2D eigenvalue weighted by Gasteiger charge is -2.32. The van der Waals surface area contributed by atoms with Crippen molar-refractivity contribution in [1.82, 2.24) is 24.8 Å². The second-order valence-corrected chi connectivity index (χ2v) is 15.2. The molecule has 0 fully saturated rings. The third-order valence-corrected chi connectivity index (χ3v) is 9.03. The Hall–Kier alpha value is -4.16. The summed E-state index contributed by atoms with van der Waals surface area (Å²) in [4.78, 5) is 15.4. The van der Waals surface area contributed by atoms with Gasteiger partial charge in [-0.25, -0.2) is 13.2 Å². The number of benzene rings is 2. The molecule has 3 N–H and O–H groups in total. The molecule has 2 heterocycles. The van der Waals surface area contributed by atoms with Crippen molar-refractivity contribution in [3.05, 3.63) is 83.3 Å². The third-order valence-electron chi connectivity index (χ3n) is 8.42. The second kappa shape index (κ2) is 12.0. The van der Waals surface area contributed by atoms with Crippen LogP contribution in [-0.4, -0.2) is 54.3 Å². The number of carbonyl (C=O) groups excluding carboxylic acids is 1. The highest BCUT2D eigenvalue weighted by molar-refractivity contribution is 7.92. The normalized spacial score (nSPS) is 17.2. The number of pyridine rings is 1. The number of amides is 2. The van der Waals surface area contributed by atoms with Crippen molar-refractivity contribution in [1.29, 1.82) is 0 Å². The van der Waals surface area contributed by atoms with Crippen LogP contribution in [-0.2, 0) is 21.0 Å². The minimum Gasteiger partial charge on any atom is -0.484 e. The van der Waals surface area contributed by atoms with Gasteiger partial charge in [-0.2, -0.15) is 0 Å². The smallest absolute Gasteiger partial charge is 0.319 e. The van der Waals surface area contributed by atoms with Gasteiger partial charge in [-0.1, -0.05) is 45.0 Å². The predicted octanol–water partition coefficient (Wildman–Crippen LogP) is 5.97. The molecule has 12 heteroatoms. The summed E-state index contributed by atoms with van der Waals surface area (Å²) in [6.07, 6.45) is 4.21. The number of hydrogen-bond acceptors (Lipinski definition) is 7. The van der Waals surface area contributed by atoms with Gasteiger partial charge in [-0.15, -0.1) is 10.2 Å². The van der Waals surface area contributed by atoms with Crippen LogP contribution in [0.2, 0.25) is 0 Å². The Kier molecular flexibility index (Phi) is 8.58. The van der Waals surface area contributed by atoms with Crippen LogP contribution in [0.15, 0.2) is 60.8 Å². The Morgan fingerprint density at radius 2 is 1.64 bits per heavy atom. The van der Waals surface area contributed by atoms with Crippen LogP contribution < -0.4 is 20.1 Å². The summed E-state index contributed by atoms with van der Waals surface area (Å²) >= 11 is 0. The zero-order valence-corrected chi connectivity index (χ0v) is 28.0. The lowest BCUT2D eigenvalue weighted by Crippen LogP contribution is -2.37. The van der Waals surface area contributed by atoms with Crippen LogP contribution >= 0.6 is 0 Å². The molecule has 2 amide bonds. The van der Waals surface area contributed by atoms with Gasteiger partial charge in [0, 0.05) is 5.69 Å². The molecule has 45 heavy (non-hydrogen) atoms. The van der Waals surface area contributed by atoms with E-state index >= 15 is 0 Å². The minimum atomic E-state index is -3.49. The summed E-state index contributed by atoms with van der Waals surface area (Å²) in [5.74, 6) is 1.53. The average molecular weight is 634 g/mol. The summed E-state index contributed by atoms with van der Waals surface area (Å²) in [7, 11) is 0.542. The standard InChI is InChI=1S/C33H43N7O4S/c1-32(2,3)21-17-22(19-23(18-21)38-45(8,42)43)34-31(41)35-27-14-15-28(26-12-10-9-11-25(26)27)44-24-13-16-29-36-37-30(40(29)20-24)33(4,5)39(6)7/h9-13,16-20,27-28,38H,14-15H2,1-8H3,(H2,34,35,41)/t27-,28+/m0/s1. The van der Waals surface area contributed by atoms with E-state index in [1.54, 1.807) is 12.1 Å². The van der Waals surface area contributed by atoms with Crippen LogP contribution in [0.3, 0.4) is 0 Å². The first kappa shape index (κ1) is 32.2. The first-order valence-electron chi connectivity index (χ1n) is 15.0. The maximum Gasteiger partial charge on any atom is 0.319 e. The molecule has 1 aliphatic rings. The van der Waals surface area contributed by atoms with Gasteiger partial charge in [-0.05, 0) is 93.2 Å². The number of aromatic nitrogens is 3. The topological polar surface area (TPSA) is 130 Å². The Morgan fingerprint density at radius 1 is 0.956 bits per heavy atom. The molecule has 0 aliphatic heterocycles. The molecule has 0 unspecified atom stereocenters. The number of nitrogens with one attached hydrogen (secondary N) is 3. The fraction of sp³-hybridized carbons (Fsp3) is 0.424.